The van der Waals surface area contributed by atoms with Crippen molar-refractivity contribution in [2.45, 2.75) is 39.5 Å². The van der Waals surface area contributed by atoms with Crippen LogP contribution in [-0.2, 0) is 0 Å². The Morgan fingerprint density at radius 3 is 2.46 bits per heavy atom. The zero-order chi connectivity index (χ0) is 9.26. The molecule has 1 fully saturated rings. The van der Waals surface area contributed by atoms with Gasteiger partial charge in [0.05, 0.1) is 0 Å². The van der Waals surface area contributed by atoms with Gasteiger partial charge in [-0.3, -0.25) is 0 Å². The maximum Gasteiger partial charge on any atom is -0.0162 e. The van der Waals surface area contributed by atoms with E-state index in [-0.39, 0.29) is 0 Å². The molecule has 2 rings (SSSR count). The van der Waals surface area contributed by atoms with Crippen LogP contribution in [0.1, 0.15) is 39.5 Å². The normalized spacial score (nSPS) is 35.4. The summed E-state index contributed by atoms with van der Waals surface area (Å²) in [6, 6.07) is 0. The molecule has 0 radical (unpaired) electrons. The fraction of sp³-hybridized carbons (Fsp3) is 0.692. The SMILES string of the molecule is CCC(=CC1CC2C=CC1C2)CC. The van der Waals surface area contributed by atoms with Gasteiger partial charge in [-0.2, -0.15) is 0 Å². The molecular formula is C13H20. The monoisotopic (exact) mass is 176 g/mol. The predicted octanol–water partition coefficient (Wildman–Crippen LogP) is 3.95. The molecule has 0 aliphatic heterocycles. The van der Waals surface area contributed by atoms with Crippen molar-refractivity contribution in [3.63, 3.8) is 0 Å². The van der Waals surface area contributed by atoms with Crippen molar-refractivity contribution in [3.8, 4) is 0 Å². The summed E-state index contributed by atoms with van der Waals surface area (Å²) in [5.74, 6) is 2.68. The Kier molecular flexibility index (Phi) is 2.57. The Morgan fingerprint density at radius 2 is 2.00 bits per heavy atom. The summed E-state index contributed by atoms with van der Waals surface area (Å²) in [6.45, 7) is 4.55. The second-order valence-corrected chi connectivity index (χ2v) is 4.48. The molecule has 0 aromatic rings. The molecule has 2 aliphatic carbocycles. The molecule has 0 amide bonds. The lowest BCUT2D eigenvalue weighted by atomic mass is 9.90. The van der Waals surface area contributed by atoms with Crippen molar-refractivity contribution >= 4 is 0 Å². The average Bonchev–Trinajstić information content (AvgIpc) is 2.75. The summed E-state index contributed by atoms with van der Waals surface area (Å²) < 4.78 is 0. The van der Waals surface area contributed by atoms with E-state index < -0.39 is 0 Å². The van der Waals surface area contributed by atoms with Crippen LogP contribution in [0.5, 0.6) is 0 Å². The average molecular weight is 176 g/mol. The molecule has 0 nitrogen and oxygen atoms in total. The smallest absolute Gasteiger partial charge is 0.0162 e. The Hall–Kier alpha value is -0.520. The van der Waals surface area contributed by atoms with Gasteiger partial charge < -0.3 is 0 Å². The Morgan fingerprint density at radius 1 is 1.23 bits per heavy atom. The first-order chi connectivity index (χ1) is 6.33. The molecule has 0 aromatic carbocycles. The summed E-state index contributed by atoms with van der Waals surface area (Å²) in [4.78, 5) is 0. The van der Waals surface area contributed by atoms with Gasteiger partial charge in [-0.1, -0.05) is 37.6 Å². The first-order valence-corrected chi connectivity index (χ1v) is 5.71. The van der Waals surface area contributed by atoms with E-state index in [1.165, 1.54) is 25.7 Å². The van der Waals surface area contributed by atoms with Crippen molar-refractivity contribution < 1.29 is 0 Å². The van der Waals surface area contributed by atoms with E-state index in [4.69, 9.17) is 0 Å². The predicted molar refractivity (Wildman–Crippen MR) is 57.5 cm³/mol. The molecule has 1 saturated carbocycles. The second kappa shape index (κ2) is 3.69. The van der Waals surface area contributed by atoms with Crippen LogP contribution in [0.3, 0.4) is 0 Å². The minimum Gasteiger partial charge on any atom is -0.0851 e. The quantitative estimate of drug-likeness (QED) is 0.571. The maximum atomic E-state index is 2.56. The number of hydrogen-bond acceptors (Lipinski definition) is 0. The molecule has 72 valence electrons. The summed E-state index contributed by atoms with van der Waals surface area (Å²) >= 11 is 0. The lowest BCUT2D eigenvalue weighted by Crippen LogP contribution is -2.04. The van der Waals surface area contributed by atoms with Crippen LogP contribution < -0.4 is 0 Å². The highest BCUT2D eigenvalue weighted by molar-refractivity contribution is 5.17. The van der Waals surface area contributed by atoms with Crippen LogP contribution in [-0.4, -0.2) is 0 Å². The number of rotatable bonds is 3. The largest absolute Gasteiger partial charge is 0.0851 e. The molecule has 0 heterocycles. The highest BCUT2D eigenvalue weighted by Gasteiger charge is 2.34. The van der Waals surface area contributed by atoms with E-state index >= 15 is 0 Å². The van der Waals surface area contributed by atoms with Crippen LogP contribution in [0.25, 0.3) is 0 Å². The van der Waals surface area contributed by atoms with Gasteiger partial charge in [0.2, 0.25) is 0 Å². The van der Waals surface area contributed by atoms with Crippen molar-refractivity contribution in [2.24, 2.45) is 17.8 Å². The molecule has 0 heteroatoms. The number of fused-ring (bicyclic) bond motifs is 2. The molecule has 13 heavy (non-hydrogen) atoms. The van der Waals surface area contributed by atoms with Crippen LogP contribution in [0, 0.1) is 17.8 Å². The highest BCUT2D eigenvalue weighted by Crippen LogP contribution is 2.44. The van der Waals surface area contributed by atoms with Crippen molar-refractivity contribution in [1.82, 2.24) is 0 Å². The minimum absolute atomic E-state index is 0.880. The zero-order valence-corrected chi connectivity index (χ0v) is 8.79. The van der Waals surface area contributed by atoms with Crippen molar-refractivity contribution in [3.05, 3.63) is 23.8 Å². The van der Waals surface area contributed by atoms with E-state index in [2.05, 4.69) is 32.1 Å². The van der Waals surface area contributed by atoms with E-state index in [0.717, 1.165) is 17.8 Å². The third-order valence-electron chi connectivity index (χ3n) is 3.69. The molecule has 2 aliphatic rings. The van der Waals surface area contributed by atoms with Gasteiger partial charge in [-0.15, -0.1) is 0 Å². The lowest BCUT2D eigenvalue weighted by Gasteiger charge is -2.15. The van der Waals surface area contributed by atoms with Gasteiger partial charge in [0.25, 0.3) is 0 Å². The fourth-order valence-electron chi connectivity index (χ4n) is 2.80. The first-order valence-electron chi connectivity index (χ1n) is 5.71. The molecule has 0 N–H and O–H groups in total. The minimum atomic E-state index is 0.880. The molecule has 2 bridgehead atoms. The summed E-state index contributed by atoms with van der Waals surface area (Å²) in [5, 5.41) is 0. The number of allylic oxidation sites excluding steroid dienone is 4. The van der Waals surface area contributed by atoms with Gasteiger partial charge in [-0.05, 0) is 43.4 Å². The van der Waals surface area contributed by atoms with E-state index in [9.17, 15) is 0 Å². The fourth-order valence-corrected chi connectivity index (χ4v) is 2.80. The van der Waals surface area contributed by atoms with Gasteiger partial charge in [0, 0.05) is 0 Å². The molecule has 0 aromatic heterocycles. The third kappa shape index (κ3) is 1.72. The zero-order valence-electron chi connectivity index (χ0n) is 8.79. The first kappa shape index (κ1) is 9.05. The standard InChI is InChI=1S/C13H20/c1-3-10(4-2)7-13-9-11-5-6-12(13)8-11/h5-7,11-13H,3-4,8-9H2,1-2H3. The van der Waals surface area contributed by atoms with Crippen LogP contribution in [0.2, 0.25) is 0 Å². The van der Waals surface area contributed by atoms with Crippen molar-refractivity contribution in [1.29, 1.82) is 0 Å². The maximum absolute atomic E-state index is 2.56. The van der Waals surface area contributed by atoms with Gasteiger partial charge in [0.1, 0.15) is 0 Å². The summed E-state index contributed by atoms with van der Waals surface area (Å²) in [6.07, 6.45) is 12.8. The Balaban J connectivity index is 2.03. The van der Waals surface area contributed by atoms with Crippen LogP contribution >= 0.6 is 0 Å². The topological polar surface area (TPSA) is 0 Å². The molecule has 0 spiro atoms. The summed E-state index contributed by atoms with van der Waals surface area (Å²) in [7, 11) is 0. The van der Waals surface area contributed by atoms with E-state index in [1.807, 2.05) is 0 Å². The second-order valence-electron chi connectivity index (χ2n) is 4.48. The molecule has 3 unspecified atom stereocenters. The Labute approximate surface area is 81.7 Å². The molecular weight excluding hydrogens is 156 g/mol. The molecule has 0 saturated heterocycles. The third-order valence-corrected chi connectivity index (χ3v) is 3.69. The summed E-state index contributed by atoms with van der Waals surface area (Å²) in [5.41, 5.74) is 1.66. The van der Waals surface area contributed by atoms with E-state index in [0.29, 0.717) is 0 Å². The highest BCUT2D eigenvalue weighted by atomic mass is 14.4. The van der Waals surface area contributed by atoms with Gasteiger partial charge in [0.15, 0.2) is 0 Å². The Bertz CT molecular complexity index is 228. The van der Waals surface area contributed by atoms with Crippen LogP contribution in [0.4, 0.5) is 0 Å². The van der Waals surface area contributed by atoms with Gasteiger partial charge in [-0.25, -0.2) is 0 Å². The van der Waals surface area contributed by atoms with Gasteiger partial charge >= 0.3 is 0 Å². The van der Waals surface area contributed by atoms with Crippen molar-refractivity contribution in [2.75, 3.05) is 0 Å². The van der Waals surface area contributed by atoms with Crippen LogP contribution in [0.15, 0.2) is 23.8 Å². The molecule has 3 atom stereocenters. The number of hydrogen-bond donors (Lipinski definition) is 0. The lowest BCUT2D eigenvalue weighted by molar-refractivity contribution is 0.544. The van der Waals surface area contributed by atoms with E-state index in [1.54, 1.807) is 5.57 Å².